The van der Waals surface area contributed by atoms with Crippen LogP contribution in [-0.4, -0.2) is 54.6 Å². The highest BCUT2D eigenvalue weighted by Gasteiger charge is 2.58. The number of hydrogen-bond donors (Lipinski definition) is 0. The van der Waals surface area contributed by atoms with E-state index in [-0.39, 0.29) is 11.5 Å². The first kappa shape index (κ1) is 19.1. The van der Waals surface area contributed by atoms with Gasteiger partial charge in [-0.1, -0.05) is 12.8 Å². The van der Waals surface area contributed by atoms with Crippen molar-refractivity contribution in [2.45, 2.75) is 63.5 Å². The summed E-state index contributed by atoms with van der Waals surface area (Å²) >= 11 is 0. The second kappa shape index (κ2) is 9.22. The molecule has 1 aliphatic rings. The van der Waals surface area contributed by atoms with E-state index >= 15 is 0 Å². The first-order chi connectivity index (χ1) is 10.1. The van der Waals surface area contributed by atoms with E-state index in [9.17, 15) is 0 Å². The Kier molecular flexibility index (Phi) is 8.37. The molecule has 0 spiro atoms. The molecule has 1 heterocycles. The summed E-state index contributed by atoms with van der Waals surface area (Å²) in [6.07, 6.45) is 5.04. The minimum absolute atomic E-state index is 0.147. The maximum Gasteiger partial charge on any atom is 0.370 e. The van der Waals surface area contributed by atoms with Gasteiger partial charge in [0.2, 0.25) is 0 Å². The Morgan fingerprint density at radius 1 is 1.10 bits per heavy atom. The normalized spacial score (nSPS) is 26.7. The van der Waals surface area contributed by atoms with Crippen LogP contribution in [0.2, 0.25) is 6.04 Å². The Morgan fingerprint density at radius 2 is 1.81 bits per heavy atom. The predicted octanol–water partition coefficient (Wildman–Crippen LogP) is 3.01. The summed E-state index contributed by atoms with van der Waals surface area (Å²) in [4.78, 5) is 0. The van der Waals surface area contributed by atoms with Gasteiger partial charge in [0.25, 0.3) is 0 Å². The van der Waals surface area contributed by atoms with Crippen molar-refractivity contribution in [3.05, 3.63) is 0 Å². The Labute approximate surface area is 130 Å². The molecule has 2 unspecified atom stereocenters. The Bertz CT molecular complexity index is 285. The summed E-state index contributed by atoms with van der Waals surface area (Å²) in [5, 5.41) is -0.257. The van der Waals surface area contributed by atoms with E-state index < -0.39 is 8.56 Å². The highest BCUT2D eigenvalue weighted by atomic mass is 28.4. The van der Waals surface area contributed by atoms with Gasteiger partial charge in [-0.2, -0.15) is 0 Å². The highest BCUT2D eigenvalue weighted by molar-refractivity contribution is 6.70. The van der Waals surface area contributed by atoms with Gasteiger partial charge in [-0.25, -0.2) is 0 Å². The van der Waals surface area contributed by atoms with Crippen LogP contribution in [0.1, 0.15) is 46.0 Å². The molecule has 0 bridgehead atoms. The molecule has 0 aromatic carbocycles. The molecular formula is C15H32O5Si. The molecule has 0 aromatic rings. The highest BCUT2D eigenvalue weighted by Crippen LogP contribution is 2.42. The van der Waals surface area contributed by atoms with Crippen LogP contribution in [-0.2, 0) is 23.1 Å². The lowest BCUT2D eigenvalue weighted by molar-refractivity contribution is -0.130. The van der Waals surface area contributed by atoms with Gasteiger partial charge in [-0.15, -0.1) is 0 Å². The van der Waals surface area contributed by atoms with Crippen molar-refractivity contribution in [2.24, 2.45) is 0 Å². The molecule has 1 saturated heterocycles. The fourth-order valence-electron chi connectivity index (χ4n) is 3.41. The molecule has 21 heavy (non-hydrogen) atoms. The summed E-state index contributed by atoms with van der Waals surface area (Å²) in [6.45, 7) is 5.25. The molecule has 6 heteroatoms. The third-order valence-electron chi connectivity index (χ3n) is 4.56. The smallest absolute Gasteiger partial charge is 0.370 e. The van der Waals surface area contributed by atoms with Gasteiger partial charge in [-0.3, -0.25) is 0 Å². The van der Waals surface area contributed by atoms with Crippen molar-refractivity contribution in [1.82, 2.24) is 0 Å². The molecular weight excluding hydrogens is 288 g/mol. The van der Waals surface area contributed by atoms with Crippen molar-refractivity contribution in [2.75, 3.05) is 34.5 Å². The summed E-state index contributed by atoms with van der Waals surface area (Å²) in [6, 6.07) is 1.00. The average Bonchev–Trinajstić information content (AvgIpc) is 2.52. The fourth-order valence-corrected chi connectivity index (χ4v) is 7.33. The Hall–Kier alpha value is 0.0169. The van der Waals surface area contributed by atoms with Gasteiger partial charge in [0.05, 0.1) is 0 Å². The van der Waals surface area contributed by atoms with Crippen LogP contribution in [0, 0.1) is 0 Å². The third kappa shape index (κ3) is 4.50. The molecule has 0 radical (unpaired) electrons. The summed E-state index contributed by atoms with van der Waals surface area (Å²) < 4.78 is 28.7. The van der Waals surface area contributed by atoms with Crippen molar-refractivity contribution in [1.29, 1.82) is 0 Å². The summed E-state index contributed by atoms with van der Waals surface area (Å²) in [5.41, 5.74) is 0. The molecule has 2 atom stereocenters. The van der Waals surface area contributed by atoms with Gasteiger partial charge >= 0.3 is 8.56 Å². The SMILES string of the molecule is CCOC(C)OCCCC1(OC)CCCC[Si]1(OC)OC. The van der Waals surface area contributed by atoms with Crippen molar-refractivity contribution < 1.29 is 23.1 Å². The molecule has 0 N–H and O–H groups in total. The predicted molar refractivity (Wildman–Crippen MR) is 84.4 cm³/mol. The monoisotopic (exact) mass is 320 g/mol. The Balaban J connectivity index is 2.57. The van der Waals surface area contributed by atoms with Crippen molar-refractivity contribution in [3.8, 4) is 0 Å². The third-order valence-corrected chi connectivity index (χ3v) is 8.98. The Morgan fingerprint density at radius 3 is 2.38 bits per heavy atom. The van der Waals surface area contributed by atoms with E-state index in [0.717, 1.165) is 31.7 Å². The van der Waals surface area contributed by atoms with Crippen LogP contribution in [0.15, 0.2) is 0 Å². The van der Waals surface area contributed by atoms with Gasteiger partial charge in [-0.05, 0) is 39.2 Å². The summed E-state index contributed by atoms with van der Waals surface area (Å²) in [5.74, 6) is 0. The van der Waals surface area contributed by atoms with Crippen LogP contribution < -0.4 is 0 Å². The molecule has 1 fully saturated rings. The zero-order valence-electron chi connectivity index (χ0n) is 14.3. The lowest BCUT2D eigenvalue weighted by Crippen LogP contribution is -2.64. The first-order valence-corrected chi connectivity index (χ1v) is 10.0. The zero-order valence-corrected chi connectivity index (χ0v) is 15.3. The van der Waals surface area contributed by atoms with Crippen LogP contribution in [0.5, 0.6) is 0 Å². The molecule has 126 valence electrons. The van der Waals surface area contributed by atoms with Gasteiger partial charge in [0.15, 0.2) is 6.29 Å². The maximum absolute atomic E-state index is 5.96. The zero-order chi connectivity index (χ0) is 15.8. The molecule has 1 aliphatic heterocycles. The topological polar surface area (TPSA) is 46.2 Å². The lowest BCUT2D eigenvalue weighted by atomic mass is 10.1. The molecule has 0 aliphatic carbocycles. The first-order valence-electron chi connectivity index (χ1n) is 7.98. The second-order valence-electron chi connectivity index (χ2n) is 5.56. The second-order valence-corrected chi connectivity index (χ2v) is 9.30. The van der Waals surface area contributed by atoms with E-state index in [2.05, 4.69) is 0 Å². The van der Waals surface area contributed by atoms with Crippen LogP contribution in [0.3, 0.4) is 0 Å². The van der Waals surface area contributed by atoms with E-state index in [0.29, 0.717) is 13.2 Å². The molecule has 0 amide bonds. The number of hydrogen-bond acceptors (Lipinski definition) is 5. The van der Waals surface area contributed by atoms with E-state index in [4.69, 9.17) is 23.1 Å². The van der Waals surface area contributed by atoms with Gasteiger partial charge < -0.3 is 23.1 Å². The number of rotatable bonds is 10. The molecule has 1 rings (SSSR count). The summed E-state index contributed by atoms with van der Waals surface area (Å²) in [7, 11) is 3.01. The van der Waals surface area contributed by atoms with Crippen LogP contribution >= 0.6 is 0 Å². The molecule has 5 nitrogen and oxygen atoms in total. The fraction of sp³-hybridized carbons (Fsp3) is 1.00. The lowest BCUT2D eigenvalue weighted by Gasteiger charge is -2.48. The van der Waals surface area contributed by atoms with E-state index in [1.807, 2.05) is 13.8 Å². The van der Waals surface area contributed by atoms with Gasteiger partial charge in [0, 0.05) is 34.5 Å². The van der Waals surface area contributed by atoms with E-state index in [1.54, 1.807) is 21.3 Å². The standard InChI is InChI=1S/C15H32O5Si/c1-6-19-14(2)20-12-9-11-15(16-3)10-7-8-13-21(15,17-4)18-5/h14H,6-13H2,1-5H3. The molecule has 0 aromatic heterocycles. The largest absolute Gasteiger partial charge is 0.396 e. The minimum atomic E-state index is -2.31. The number of ether oxygens (including phenoxy) is 3. The number of methoxy groups -OCH3 is 1. The van der Waals surface area contributed by atoms with E-state index in [1.165, 1.54) is 6.42 Å². The van der Waals surface area contributed by atoms with Gasteiger partial charge in [0.1, 0.15) is 5.22 Å². The van der Waals surface area contributed by atoms with Crippen LogP contribution in [0.25, 0.3) is 0 Å². The van der Waals surface area contributed by atoms with Crippen LogP contribution in [0.4, 0.5) is 0 Å². The minimum Gasteiger partial charge on any atom is -0.396 e. The quantitative estimate of drug-likeness (QED) is 0.352. The maximum atomic E-state index is 5.96. The van der Waals surface area contributed by atoms with Crippen molar-refractivity contribution in [3.63, 3.8) is 0 Å². The van der Waals surface area contributed by atoms with Crippen molar-refractivity contribution >= 4 is 8.56 Å². The average molecular weight is 321 g/mol. The molecule has 0 saturated carbocycles.